The number of benzene rings is 1. The van der Waals surface area contributed by atoms with Crippen LogP contribution in [0.15, 0.2) is 24.3 Å². The molecule has 1 aliphatic carbocycles. The van der Waals surface area contributed by atoms with Gasteiger partial charge in [0.2, 0.25) is 0 Å². The normalized spacial score (nSPS) is 27.7. The van der Waals surface area contributed by atoms with E-state index in [0.717, 1.165) is 26.1 Å². The molecule has 86 valence electrons. The van der Waals surface area contributed by atoms with E-state index in [-0.39, 0.29) is 5.54 Å². The van der Waals surface area contributed by atoms with E-state index in [2.05, 4.69) is 24.3 Å². The summed E-state index contributed by atoms with van der Waals surface area (Å²) in [7, 11) is 0. The standard InChI is InChI=1S/C14H19NO/c15-14(6-7-14)13-5-1-3-11(9-13)12-4-2-8-16-10-12/h1,3,5,9,12H,2,4,6-8,10,15H2. The molecule has 16 heavy (non-hydrogen) atoms. The van der Waals surface area contributed by atoms with Gasteiger partial charge in [-0.15, -0.1) is 0 Å². The van der Waals surface area contributed by atoms with Gasteiger partial charge in [0.1, 0.15) is 0 Å². The zero-order chi connectivity index (χ0) is 11.0. The monoisotopic (exact) mass is 217 g/mol. The van der Waals surface area contributed by atoms with Crippen molar-refractivity contribution < 1.29 is 4.74 Å². The van der Waals surface area contributed by atoms with Gasteiger partial charge in [0.25, 0.3) is 0 Å². The van der Waals surface area contributed by atoms with Gasteiger partial charge in [-0.3, -0.25) is 0 Å². The van der Waals surface area contributed by atoms with Crippen LogP contribution in [0, 0.1) is 0 Å². The van der Waals surface area contributed by atoms with Crippen molar-refractivity contribution in [3.63, 3.8) is 0 Å². The molecule has 0 amide bonds. The van der Waals surface area contributed by atoms with Gasteiger partial charge in [-0.2, -0.15) is 0 Å². The Morgan fingerprint density at radius 1 is 1.31 bits per heavy atom. The van der Waals surface area contributed by atoms with Crippen LogP contribution in [0.4, 0.5) is 0 Å². The van der Waals surface area contributed by atoms with E-state index in [1.54, 1.807) is 0 Å². The molecule has 2 nitrogen and oxygen atoms in total. The lowest BCUT2D eigenvalue weighted by molar-refractivity contribution is 0.0804. The Kier molecular flexibility index (Phi) is 2.49. The number of nitrogens with two attached hydrogens (primary N) is 1. The number of hydrogen-bond donors (Lipinski definition) is 1. The largest absolute Gasteiger partial charge is 0.381 e. The Bertz CT molecular complexity index is 378. The van der Waals surface area contributed by atoms with Crippen LogP contribution in [0.3, 0.4) is 0 Å². The summed E-state index contributed by atoms with van der Waals surface area (Å²) in [5.74, 6) is 0.580. The fourth-order valence-corrected chi connectivity index (χ4v) is 2.53. The molecule has 3 rings (SSSR count). The molecule has 2 N–H and O–H groups in total. The van der Waals surface area contributed by atoms with E-state index in [1.807, 2.05) is 0 Å². The van der Waals surface area contributed by atoms with Crippen LogP contribution < -0.4 is 5.73 Å². The molecule has 1 heterocycles. The van der Waals surface area contributed by atoms with Gasteiger partial charge in [0.15, 0.2) is 0 Å². The maximum absolute atomic E-state index is 6.24. The number of rotatable bonds is 2. The van der Waals surface area contributed by atoms with E-state index in [9.17, 15) is 0 Å². The van der Waals surface area contributed by atoms with Crippen LogP contribution in [-0.2, 0) is 10.3 Å². The van der Waals surface area contributed by atoms with Crippen molar-refractivity contribution in [2.45, 2.75) is 37.1 Å². The Morgan fingerprint density at radius 2 is 2.19 bits per heavy atom. The third-order valence-corrected chi connectivity index (χ3v) is 3.88. The van der Waals surface area contributed by atoms with Crippen molar-refractivity contribution in [1.82, 2.24) is 0 Å². The molecular formula is C14H19NO. The highest BCUT2D eigenvalue weighted by atomic mass is 16.5. The van der Waals surface area contributed by atoms with Crippen molar-refractivity contribution in [1.29, 1.82) is 0 Å². The quantitative estimate of drug-likeness (QED) is 0.826. The second-order valence-corrected chi connectivity index (χ2v) is 5.20. The van der Waals surface area contributed by atoms with Crippen molar-refractivity contribution in [2.24, 2.45) is 5.73 Å². The van der Waals surface area contributed by atoms with Crippen LogP contribution in [0.2, 0.25) is 0 Å². The average molecular weight is 217 g/mol. The molecule has 1 aromatic rings. The minimum Gasteiger partial charge on any atom is -0.381 e. The van der Waals surface area contributed by atoms with Gasteiger partial charge in [-0.1, -0.05) is 24.3 Å². The molecule has 2 aliphatic rings. The molecule has 1 aliphatic heterocycles. The first-order chi connectivity index (χ1) is 7.78. The van der Waals surface area contributed by atoms with Crippen molar-refractivity contribution in [3.8, 4) is 0 Å². The molecule has 1 unspecified atom stereocenters. The first kappa shape index (κ1) is 10.3. The predicted molar refractivity (Wildman–Crippen MR) is 64.3 cm³/mol. The van der Waals surface area contributed by atoms with E-state index in [4.69, 9.17) is 10.5 Å². The summed E-state index contributed by atoms with van der Waals surface area (Å²) in [6.45, 7) is 1.80. The van der Waals surface area contributed by atoms with Crippen LogP contribution in [0.5, 0.6) is 0 Å². The summed E-state index contributed by atoms with van der Waals surface area (Å²) < 4.78 is 5.55. The lowest BCUT2D eigenvalue weighted by Crippen LogP contribution is -2.20. The highest BCUT2D eigenvalue weighted by Crippen LogP contribution is 2.43. The Labute approximate surface area is 96.8 Å². The fourth-order valence-electron chi connectivity index (χ4n) is 2.53. The summed E-state index contributed by atoms with van der Waals surface area (Å²) in [4.78, 5) is 0. The van der Waals surface area contributed by atoms with Gasteiger partial charge in [-0.25, -0.2) is 0 Å². The molecule has 0 radical (unpaired) electrons. The van der Waals surface area contributed by atoms with Gasteiger partial charge in [0, 0.05) is 18.1 Å². The van der Waals surface area contributed by atoms with Crippen molar-refractivity contribution >= 4 is 0 Å². The topological polar surface area (TPSA) is 35.2 Å². The summed E-state index contributed by atoms with van der Waals surface area (Å²) >= 11 is 0. The van der Waals surface area contributed by atoms with E-state index >= 15 is 0 Å². The zero-order valence-corrected chi connectivity index (χ0v) is 9.61. The van der Waals surface area contributed by atoms with Crippen LogP contribution in [0.25, 0.3) is 0 Å². The van der Waals surface area contributed by atoms with Crippen molar-refractivity contribution in [3.05, 3.63) is 35.4 Å². The predicted octanol–water partition coefficient (Wildman–Crippen LogP) is 2.53. The maximum Gasteiger partial charge on any atom is 0.0534 e. The van der Waals surface area contributed by atoms with Crippen LogP contribution in [-0.4, -0.2) is 13.2 Å². The second-order valence-electron chi connectivity index (χ2n) is 5.20. The smallest absolute Gasteiger partial charge is 0.0534 e. The molecule has 1 atom stereocenters. The Hall–Kier alpha value is -0.860. The minimum absolute atomic E-state index is 0.00840. The first-order valence-electron chi connectivity index (χ1n) is 6.25. The fraction of sp³-hybridized carbons (Fsp3) is 0.571. The SMILES string of the molecule is NC1(c2cccc(C3CCCOC3)c2)CC1. The summed E-state index contributed by atoms with van der Waals surface area (Å²) in [6.07, 6.45) is 4.71. The van der Waals surface area contributed by atoms with Crippen LogP contribution >= 0.6 is 0 Å². The molecule has 0 bridgehead atoms. The van der Waals surface area contributed by atoms with E-state index in [0.29, 0.717) is 5.92 Å². The Balaban J connectivity index is 1.84. The molecule has 2 heteroatoms. The third kappa shape index (κ3) is 1.87. The van der Waals surface area contributed by atoms with Gasteiger partial charge in [0.05, 0.1) is 6.61 Å². The summed E-state index contributed by atoms with van der Waals surface area (Å²) in [5, 5.41) is 0. The third-order valence-electron chi connectivity index (χ3n) is 3.88. The lowest BCUT2D eigenvalue weighted by Gasteiger charge is -2.23. The van der Waals surface area contributed by atoms with Gasteiger partial charge >= 0.3 is 0 Å². The molecule has 1 saturated heterocycles. The van der Waals surface area contributed by atoms with E-state index in [1.165, 1.54) is 24.0 Å². The number of ether oxygens (including phenoxy) is 1. The highest BCUT2D eigenvalue weighted by molar-refractivity contribution is 5.34. The molecule has 1 saturated carbocycles. The first-order valence-corrected chi connectivity index (χ1v) is 6.25. The second kappa shape index (κ2) is 3.86. The highest BCUT2D eigenvalue weighted by Gasteiger charge is 2.40. The average Bonchev–Trinajstić information content (AvgIpc) is 3.10. The van der Waals surface area contributed by atoms with Crippen molar-refractivity contribution in [2.75, 3.05) is 13.2 Å². The van der Waals surface area contributed by atoms with Crippen LogP contribution in [0.1, 0.15) is 42.7 Å². The van der Waals surface area contributed by atoms with Gasteiger partial charge in [-0.05, 0) is 36.8 Å². The summed E-state index contributed by atoms with van der Waals surface area (Å²) in [5.41, 5.74) is 8.95. The van der Waals surface area contributed by atoms with Gasteiger partial charge < -0.3 is 10.5 Å². The Morgan fingerprint density at radius 3 is 2.88 bits per heavy atom. The zero-order valence-electron chi connectivity index (χ0n) is 9.61. The summed E-state index contributed by atoms with van der Waals surface area (Å²) in [6, 6.07) is 8.83. The molecule has 0 spiro atoms. The molecule has 2 fully saturated rings. The molecular weight excluding hydrogens is 198 g/mol. The van der Waals surface area contributed by atoms with E-state index < -0.39 is 0 Å². The number of hydrogen-bond acceptors (Lipinski definition) is 2. The molecule has 1 aromatic carbocycles. The maximum atomic E-state index is 6.24. The minimum atomic E-state index is -0.00840. The lowest BCUT2D eigenvalue weighted by atomic mass is 9.91. The molecule has 0 aromatic heterocycles.